The van der Waals surface area contributed by atoms with Crippen LogP contribution in [0.2, 0.25) is 0 Å². The number of carbonyl (C=O) groups excluding carboxylic acids is 1. The largest absolute Gasteiger partial charge is 0.351 e. The van der Waals surface area contributed by atoms with Gasteiger partial charge in [0.25, 0.3) is 0 Å². The van der Waals surface area contributed by atoms with Gasteiger partial charge in [0.05, 0.1) is 0 Å². The van der Waals surface area contributed by atoms with E-state index in [4.69, 9.17) is 0 Å². The Labute approximate surface area is 147 Å². The Hall–Kier alpha value is -1.06. The molecule has 1 aliphatic heterocycles. The lowest BCUT2D eigenvalue weighted by molar-refractivity contribution is -0.130. The lowest BCUT2D eigenvalue weighted by Crippen LogP contribution is -2.54. The number of piperidine rings is 1. The monoisotopic (exact) mass is 338 g/mol. The Morgan fingerprint density at radius 2 is 2.00 bits per heavy atom. The van der Waals surface area contributed by atoms with Crippen LogP contribution in [0.5, 0.6) is 0 Å². The summed E-state index contributed by atoms with van der Waals surface area (Å²) in [6.07, 6.45) is 5.23. The highest BCUT2D eigenvalue weighted by Gasteiger charge is 2.31. The van der Waals surface area contributed by atoms with Crippen LogP contribution in [-0.2, 0) is 11.2 Å². The van der Waals surface area contributed by atoms with Crippen molar-refractivity contribution in [1.29, 1.82) is 0 Å². The molecule has 1 heterocycles. The number of hydrogen-bond donors (Lipinski definition) is 2. The first-order chi connectivity index (χ1) is 10.5. The molecule has 1 amide bonds. The van der Waals surface area contributed by atoms with Crippen molar-refractivity contribution in [3.05, 3.63) is 35.9 Å². The van der Waals surface area contributed by atoms with Crippen LogP contribution in [-0.4, -0.2) is 24.5 Å². The van der Waals surface area contributed by atoms with E-state index in [1.165, 1.54) is 5.56 Å². The van der Waals surface area contributed by atoms with E-state index < -0.39 is 0 Å². The third kappa shape index (κ3) is 6.15. The van der Waals surface area contributed by atoms with Crippen molar-refractivity contribution in [2.75, 3.05) is 6.54 Å². The van der Waals surface area contributed by atoms with Crippen molar-refractivity contribution in [2.45, 2.75) is 65.0 Å². The fourth-order valence-electron chi connectivity index (χ4n) is 3.10. The van der Waals surface area contributed by atoms with Gasteiger partial charge in [-0.3, -0.25) is 4.79 Å². The summed E-state index contributed by atoms with van der Waals surface area (Å²) in [6, 6.07) is 11.1. The first kappa shape index (κ1) is 20.0. The van der Waals surface area contributed by atoms with Gasteiger partial charge in [0.2, 0.25) is 5.91 Å². The topological polar surface area (TPSA) is 41.1 Å². The van der Waals surface area contributed by atoms with E-state index in [0.29, 0.717) is 6.04 Å². The molecule has 2 N–H and O–H groups in total. The van der Waals surface area contributed by atoms with E-state index in [-0.39, 0.29) is 29.8 Å². The molecule has 1 saturated heterocycles. The summed E-state index contributed by atoms with van der Waals surface area (Å²) >= 11 is 0. The maximum atomic E-state index is 12.6. The third-order valence-electron chi connectivity index (χ3n) is 4.80. The minimum absolute atomic E-state index is 0. The standard InChI is InChI=1S/C19H30N2O.ClH/c1-15-17(12-8-14-20-15)21-18(22)19(2,3)13-7-11-16-9-5-4-6-10-16;/h4-6,9-10,15,17,20H,7-8,11-14H2,1-3H3,(H,21,22);1H. The second kappa shape index (κ2) is 9.29. The highest BCUT2D eigenvalue weighted by Crippen LogP contribution is 2.24. The zero-order chi connectivity index (χ0) is 16.0. The molecular formula is C19H31ClN2O. The first-order valence-electron chi connectivity index (χ1n) is 8.57. The molecule has 4 heteroatoms. The molecule has 1 fully saturated rings. The van der Waals surface area contributed by atoms with Gasteiger partial charge < -0.3 is 10.6 Å². The number of hydrogen-bond acceptors (Lipinski definition) is 2. The number of benzene rings is 1. The summed E-state index contributed by atoms with van der Waals surface area (Å²) in [5, 5.41) is 6.69. The Bertz CT molecular complexity index is 476. The number of amides is 1. The van der Waals surface area contributed by atoms with E-state index in [1.807, 2.05) is 6.07 Å². The first-order valence-corrected chi connectivity index (χ1v) is 8.57. The number of carbonyl (C=O) groups is 1. The normalized spacial score (nSPS) is 21.3. The maximum absolute atomic E-state index is 12.6. The molecule has 3 nitrogen and oxygen atoms in total. The van der Waals surface area contributed by atoms with Crippen LogP contribution in [0.15, 0.2) is 30.3 Å². The van der Waals surface area contributed by atoms with Gasteiger partial charge in [-0.2, -0.15) is 0 Å². The molecule has 0 radical (unpaired) electrons. The van der Waals surface area contributed by atoms with Crippen molar-refractivity contribution >= 4 is 18.3 Å². The lowest BCUT2D eigenvalue weighted by atomic mass is 9.84. The minimum atomic E-state index is -0.300. The summed E-state index contributed by atoms with van der Waals surface area (Å²) in [4.78, 5) is 12.6. The maximum Gasteiger partial charge on any atom is 0.225 e. The van der Waals surface area contributed by atoms with Gasteiger partial charge in [-0.15, -0.1) is 12.4 Å². The zero-order valence-corrected chi connectivity index (χ0v) is 15.4. The zero-order valence-electron chi connectivity index (χ0n) is 14.6. The van der Waals surface area contributed by atoms with Crippen molar-refractivity contribution in [3.63, 3.8) is 0 Å². The highest BCUT2D eigenvalue weighted by atomic mass is 35.5. The molecule has 0 spiro atoms. The molecule has 0 aliphatic carbocycles. The summed E-state index contributed by atoms with van der Waals surface area (Å²) in [5.41, 5.74) is 1.05. The molecule has 0 bridgehead atoms. The highest BCUT2D eigenvalue weighted by molar-refractivity contribution is 5.85. The summed E-state index contributed by atoms with van der Waals surface area (Å²) in [5.74, 6) is 0.195. The van der Waals surface area contributed by atoms with Crippen LogP contribution in [0.25, 0.3) is 0 Å². The van der Waals surface area contributed by atoms with Crippen LogP contribution in [0.4, 0.5) is 0 Å². The number of halogens is 1. The average molecular weight is 339 g/mol. The molecular weight excluding hydrogens is 308 g/mol. The molecule has 0 aromatic heterocycles. The van der Waals surface area contributed by atoms with Crippen molar-refractivity contribution < 1.29 is 4.79 Å². The molecule has 2 unspecified atom stereocenters. The van der Waals surface area contributed by atoms with Crippen LogP contribution in [0, 0.1) is 5.41 Å². The lowest BCUT2D eigenvalue weighted by Gasteiger charge is -2.34. The molecule has 130 valence electrons. The van der Waals surface area contributed by atoms with Crippen LogP contribution < -0.4 is 10.6 Å². The van der Waals surface area contributed by atoms with Crippen molar-refractivity contribution in [2.24, 2.45) is 5.41 Å². The van der Waals surface area contributed by atoms with Gasteiger partial charge in [-0.05, 0) is 51.1 Å². The second-order valence-electron chi connectivity index (χ2n) is 7.19. The molecule has 2 atom stereocenters. The fraction of sp³-hybridized carbons (Fsp3) is 0.632. The van der Waals surface area contributed by atoms with E-state index in [1.54, 1.807) is 0 Å². The second-order valence-corrected chi connectivity index (χ2v) is 7.19. The number of nitrogens with one attached hydrogen (secondary N) is 2. The number of aryl methyl sites for hydroxylation is 1. The smallest absolute Gasteiger partial charge is 0.225 e. The van der Waals surface area contributed by atoms with Gasteiger partial charge in [-0.25, -0.2) is 0 Å². The van der Waals surface area contributed by atoms with E-state index >= 15 is 0 Å². The summed E-state index contributed by atoms with van der Waals surface area (Å²) in [6.45, 7) is 7.35. The van der Waals surface area contributed by atoms with Gasteiger partial charge >= 0.3 is 0 Å². The summed E-state index contributed by atoms with van der Waals surface area (Å²) < 4.78 is 0. The van der Waals surface area contributed by atoms with Crippen LogP contribution >= 0.6 is 12.4 Å². The van der Waals surface area contributed by atoms with Gasteiger partial charge in [-0.1, -0.05) is 44.2 Å². The molecule has 1 aromatic rings. The third-order valence-corrected chi connectivity index (χ3v) is 4.80. The minimum Gasteiger partial charge on any atom is -0.351 e. The predicted octanol–water partition coefficient (Wildman–Crippen LogP) is 3.71. The Balaban J connectivity index is 0.00000264. The summed E-state index contributed by atoms with van der Waals surface area (Å²) in [7, 11) is 0. The Kier molecular flexibility index (Phi) is 8.07. The number of rotatable bonds is 6. The van der Waals surface area contributed by atoms with Crippen molar-refractivity contribution in [1.82, 2.24) is 10.6 Å². The fourth-order valence-corrected chi connectivity index (χ4v) is 3.10. The molecule has 2 rings (SSSR count). The van der Waals surface area contributed by atoms with E-state index in [2.05, 4.69) is 55.7 Å². The van der Waals surface area contributed by atoms with Gasteiger partial charge in [0, 0.05) is 17.5 Å². The van der Waals surface area contributed by atoms with Gasteiger partial charge in [0.15, 0.2) is 0 Å². The van der Waals surface area contributed by atoms with Crippen LogP contribution in [0.1, 0.15) is 52.0 Å². The molecule has 23 heavy (non-hydrogen) atoms. The quantitative estimate of drug-likeness (QED) is 0.830. The van der Waals surface area contributed by atoms with Gasteiger partial charge in [0.1, 0.15) is 0 Å². The Morgan fingerprint density at radius 3 is 2.65 bits per heavy atom. The predicted molar refractivity (Wildman–Crippen MR) is 99.0 cm³/mol. The van der Waals surface area contributed by atoms with Crippen molar-refractivity contribution in [3.8, 4) is 0 Å². The Morgan fingerprint density at radius 1 is 1.30 bits per heavy atom. The average Bonchev–Trinajstić information content (AvgIpc) is 2.50. The molecule has 1 aliphatic rings. The van der Waals surface area contributed by atoms with E-state index in [9.17, 15) is 4.79 Å². The van der Waals surface area contributed by atoms with Crippen LogP contribution in [0.3, 0.4) is 0 Å². The molecule has 0 saturated carbocycles. The SMILES string of the molecule is CC1NCCCC1NC(=O)C(C)(C)CCCc1ccccc1.Cl. The van der Waals surface area contributed by atoms with E-state index in [0.717, 1.165) is 38.6 Å². The molecule has 1 aromatic carbocycles.